The van der Waals surface area contributed by atoms with Crippen LogP contribution in [0.25, 0.3) is 33.4 Å². The van der Waals surface area contributed by atoms with Crippen LogP contribution in [0.5, 0.6) is 0 Å². The molecule has 39 heavy (non-hydrogen) atoms. The molecule has 0 unspecified atom stereocenters. The molecule has 6 N–H and O–H groups in total. The number of nitrogens with two attached hydrogens (primary N) is 3. The first-order valence-electron chi connectivity index (χ1n) is 12.7. The fourth-order valence-corrected chi connectivity index (χ4v) is 3.92. The predicted octanol–water partition coefficient (Wildman–Crippen LogP) is 4.18. The van der Waals surface area contributed by atoms with Crippen LogP contribution < -0.4 is 17.2 Å². The predicted molar refractivity (Wildman–Crippen MR) is 155 cm³/mol. The van der Waals surface area contributed by atoms with Crippen molar-refractivity contribution in [3.63, 3.8) is 0 Å². The first-order valence-corrected chi connectivity index (χ1v) is 12.7. The van der Waals surface area contributed by atoms with E-state index in [1.54, 1.807) is 40.1 Å². The Labute approximate surface area is 226 Å². The van der Waals surface area contributed by atoms with Gasteiger partial charge in [0.15, 0.2) is 22.3 Å². The summed E-state index contributed by atoms with van der Waals surface area (Å²) in [5, 5.41) is 16.9. The zero-order valence-corrected chi connectivity index (χ0v) is 23.1. The summed E-state index contributed by atoms with van der Waals surface area (Å²) in [6, 6.07) is 8.21. The van der Waals surface area contributed by atoms with Crippen molar-refractivity contribution >= 4 is 50.4 Å². The zero-order chi connectivity index (χ0) is 28.3. The molecular formula is C26H35N13. The van der Waals surface area contributed by atoms with Crippen molar-refractivity contribution in [2.24, 2.45) is 0 Å². The lowest BCUT2D eigenvalue weighted by molar-refractivity contribution is 0.526. The monoisotopic (exact) mass is 529 g/mol. The van der Waals surface area contributed by atoms with Crippen LogP contribution in [0.2, 0.25) is 0 Å². The maximum absolute atomic E-state index is 5.82. The Morgan fingerprint density at radius 2 is 1.00 bits per heavy atom. The van der Waals surface area contributed by atoms with Crippen molar-refractivity contribution in [1.29, 1.82) is 0 Å². The highest BCUT2D eigenvalue weighted by atomic mass is 15.5. The molecule has 0 aliphatic carbocycles. The van der Waals surface area contributed by atoms with Crippen LogP contribution in [0.3, 0.4) is 0 Å². The van der Waals surface area contributed by atoms with Crippen LogP contribution in [-0.2, 0) is 0 Å². The van der Waals surface area contributed by atoms with Gasteiger partial charge in [0.25, 0.3) is 0 Å². The molecule has 6 heterocycles. The molecule has 13 heteroatoms. The third-order valence-electron chi connectivity index (χ3n) is 5.97. The molecule has 0 fully saturated rings. The topological polar surface area (TPSA) is 183 Å². The van der Waals surface area contributed by atoms with E-state index in [9.17, 15) is 0 Å². The summed E-state index contributed by atoms with van der Waals surface area (Å²) in [7, 11) is 0. The second-order valence-electron chi connectivity index (χ2n) is 9.85. The molecule has 204 valence electrons. The van der Waals surface area contributed by atoms with Crippen LogP contribution in [0, 0.1) is 0 Å². The van der Waals surface area contributed by atoms with Gasteiger partial charge >= 0.3 is 0 Å². The lowest BCUT2D eigenvalue weighted by Crippen LogP contribution is -2.03. The Morgan fingerprint density at radius 1 is 0.564 bits per heavy atom. The number of pyridine rings is 3. The molecule has 0 aliphatic rings. The minimum absolute atomic E-state index is 0.249. The van der Waals surface area contributed by atoms with Crippen molar-refractivity contribution in [2.45, 2.75) is 59.7 Å². The van der Waals surface area contributed by atoms with Gasteiger partial charge in [-0.1, -0.05) is 10.4 Å². The highest BCUT2D eigenvalue weighted by Gasteiger charge is 2.11. The molecule has 0 radical (unpaired) electrons. The van der Waals surface area contributed by atoms with Gasteiger partial charge in [0.05, 0.1) is 23.5 Å². The van der Waals surface area contributed by atoms with E-state index < -0.39 is 0 Å². The summed E-state index contributed by atoms with van der Waals surface area (Å²) in [6.07, 6.45) is 7.11. The van der Waals surface area contributed by atoms with Crippen LogP contribution in [0.1, 0.15) is 59.7 Å². The maximum atomic E-state index is 5.82. The zero-order valence-electron chi connectivity index (χ0n) is 23.1. The van der Waals surface area contributed by atoms with E-state index in [1.165, 1.54) is 0 Å². The normalized spacial score (nSPS) is 11.3. The average molecular weight is 530 g/mol. The second-order valence-corrected chi connectivity index (χ2v) is 9.85. The van der Waals surface area contributed by atoms with Crippen LogP contribution in [0.15, 0.2) is 49.1 Å². The van der Waals surface area contributed by atoms with E-state index in [-0.39, 0.29) is 12.1 Å². The summed E-state index contributed by atoms with van der Waals surface area (Å²) in [6.45, 7) is 12.4. The molecule has 0 aromatic carbocycles. The van der Waals surface area contributed by atoms with E-state index in [0.29, 0.717) is 28.5 Å². The van der Waals surface area contributed by atoms with Crippen LogP contribution in [-0.4, -0.2) is 49.5 Å². The fraction of sp³-hybridized carbons (Fsp3) is 0.346. The lowest BCUT2D eigenvalue weighted by atomic mass is 10.3. The fourth-order valence-electron chi connectivity index (χ4n) is 3.92. The molecule has 0 aliphatic heterocycles. The molecule has 0 amide bonds. The second kappa shape index (κ2) is 11.3. The molecule has 0 bridgehead atoms. The number of nitrogen functional groups attached to an aromatic ring is 3. The van der Waals surface area contributed by atoms with Gasteiger partial charge in [-0.15, -0.1) is 10.2 Å². The first kappa shape index (κ1) is 27.2. The SMILES string of the molecule is CC(C)n1ccc2c(N)ccnc21.CC(C)n1nnc2c(N)ccnc21.CC(C)n1nnc2c(N)ccnc21. The van der Waals surface area contributed by atoms with Gasteiger partial charge in [0.2, 0.25) is 0 Å². The Balaban J connectivity index is 0.000000136. The number of anilines is 3. The largest absolute Gasteiger partial charge is 0.398 e. The summed E-state index contributed by atoms with van der Waals surface area (Å²) < 4.78 is 5.63. The minimum atomic E-state index is 0.249. The summed E-state index contributed by atoms with van der Waals surface area (Å²) in [4.78, 5) is 12.7. The Bertz CT molecular complexity index is 1490. The van der Waals surface area contributed by atoms with Crippen molar-refractivity contribution in [2.75, 3.05) is 17.2 Å². The van der Waals surface area contributed by atoms with Gasteiger partial charge in [-0.3, -0.25) is 0 Å². The van der Waals surface area contributed by atoms with E-state index in [2.05, 4.69) is 54.0 Å². The Hall–Kier alpha value is -4.81. The van der Waals surface area contributed by atoms with Crippen molar-refractivity contribution in [1.82, 2.24) is 49.5 Å². The van der Waals surface area contributed by atoms with Gasteiger partial charge in [-0.25, -0.2) is 24.3 Å². The number of hydrogen-bond donors (Lipinski definition) is 3. The third-order valence-corrected chi connectivity index (χ3v) is 5.97. The summed E-state index contributed by atoms with van der Waals surface area (Å²) in [5.41, 5.74) is 23.1. The standard InChI is InChI=1S/C10H13N3.2C8H11N5/c1-7(2)13-6-4-8-9(11)3-5-12-10(8)13;2*1-5(2)13-8-7(11-12-13)6(9)3-4-10-8/h3-7H,1-2H3,(H2,11,12);2*3-5H,1-2H3,(H2,9,10). The molecule has 0 saturated heterocycles. The highest BCUT2D eigenvalue weighted by Crippen LogP contribution is 2.22. The van der Waals surface area contributed by atoms with Gasteiger partial charge in [0.1, 0.15) is 5.65 Å². The van der Waals surface area contributed by atoms with Gasteiger partial charge in [-0.2, -0.15) is 0 Å². The molecule has 0 saturated carbocycles. The quantitative estimate of drug-likeness (QED) is 0.300. The van der Waals surface area contributed by atoms with Crippen molar-refractivity contribution in [3.8, 4) is 0 Å². The number of rotatable bonds is 3. The third kappa shape index (κ3) is 5.56. The molecule has 13 nitrogen and oxygen atoms in total. The minimum Gasteiger partial charge on any atom is -0.398 e. The Kier molecular flexibility index (Phi) is 7.88. The highest BCUT2D eigenvalue weighted by molar-refractivity contribution is 5.88. The summed E-state index contributed by atoms with van der Waals surface area (Å²) in [5.74, 6) is 0. The van der Waals surface area contributed by atoms with Crippen LogP contribution in [0.4, 0.5) is 17.1 Å². The van der Waals surface area contributed by atoms with Gasteiger partial charge < -0.3 is 21.8 Å². The lowest BCUT2D eigenvalue weighted by Gasteiger charge is -2.07. The average Bonchev–Trinajstić information content (AvgIpc) is 3.63. The number of aromatic nitrogens is 10. The number of nitrogens with zero attached hydrogens (tertiary/aromatic N) is 10. The van der Waals surface area contributed by atoms with Crippen LogP contribution >= 0.6 is 0 Å². The van der Waals surface area contributed by atoms with E-state index in [0.717, 1.165) is 28.0 Å². The van der Waals surface area contributed by atoms with E-state index in [1.807, 2.05) is 46.0 Å². The van der Waals surface area contributed by atoms with Crippen molar-refractivity contribution < 1.29 is 0 Å². The van der Waals surface area contributed by atoms with E-state index in [4.69, 9.17) is 17.2 Å². The number of fused-ring (bicyclic) bond motifs is 3. The van der Waals surface area contributed by atoms with E-state index >= 15 is 0 Å². The van der Waals surface area contributed by atoms with Crippen molar-refractivity contribution in [3.05, 3.63) is 49.1 Å². The molecule has 0 spiro atoms. The first-order chi connectivity index (χ1) is 18.6. The smallest absolute Gasteiger partial charge is 0.180 e. The van der Waals surface area contributed by atoms with Gasteiger partial charge in [0, 0.05) is 41.9 Å². The van der Waals surface area contributed by atoms with Gasteiger partial charge in [-0.05, 0) is 65.8 Å². The molecule has 6 rings (SSSR count). The Morgan fingerprint density at radius 3 is 1.44 bits per heavy atom. The molecular weight excluding hydrogens is 494 g/mol. The number of hydrogen-bond acceptors (Lipinski definition) is 10. The summed E-state index contributed by atoms with van der Waals surface area (Å²) >= 11 is 0. The molecule has 0 atom stereocenters. The molecule has 6 aromatic heterocycles. The molecule has 6 aromatic rings. The maximum Gasteiger partial charge on any atom is 0.180 e.